The Labute approximate surface area is 66.9 Å². The molecule has 0 aliphatic carbocycles. The van der Waals surface area contributed by atoms with Crippen molar-refractivity contribution in [3.8, 4) is 0 Å². The van der Waals surface area contributed by atoms with E-state index >= 15 is 0 Å². The lowest BCUT2D eigenvalue weighted by Crippen LogP contribution is -2.31. The molecule has 3 heterocycles. The van der Waals surface area contributed by atoms with Crippen LogP contribution in [-0.2, 0) is 0 Å². The predicted molar refractivity (Wildman–Crippen MR) is 38.9 cm³/mol. The molecule has 1 aromatic heterocycles. The Bertz CT molecular complexity index is 473. The highest BCUT2D eigenvalue weighted by molar-refractivity contribution is 5.91. The zero-order chi connectivity index (χ0) is 8.13. The van der Waals surface area contributed by atoms with E-state index in [2.05, 4.69) is 10.5 Å². The van der Waals surface area contributed by atoms with Crippen LogP contribution in [0.25, 0.3) is 11.9 Å². The van der Waals surface area contributed by atoms with E-state index in [-0.39, 0.29) is 6.03 Å². The third-order valence-corrected chi connectivity index (χ3v) is 2.04. The van der Waals surface area contributed by atoms with Crippen LogP contribution >= 0.6 is 0 Å². The Kier molecular flexibility index (Phi) is 0.818. The lowest BCUT2D eigenvalue weighted by molar-refractivity contribution is 0.233. The van der Waals surface area contributed by atoms with Crippen LogP contribution < -0.4 is 16.0 Å². The van der Waals surface area contributed by atoms with Gasteiger partial charge in [0.05, 0.1) is 29.9 Å². The maximum Gasteiger partial charge on any atom is 0.326 e. The molecule has 12 heavy (non-hydrogen) atoms. The van der Waals surface area contributed by atoms with E-state index in [4.69, 9.17) is 4.52 Å². The minimum Gasteiger partial charge on any atom is -0.355 e. The van der Waals surface area contributed by atoms with Gasteiger partial charge >= 0.3 is 6.03 Å². The van der Waals surface area contributed by atoms with Gasteiger partial charge in [-0.1, -0.05) is 5.16 Å². The van der Waals surface area contributed by atoms with E-state index in [0.29, 0.717) is 12.0 Å². The number of aromatic nitrogens is 1. The molecular formula is C7H5N3O2. The lowest BCUT2D eigenvalue weighted by Gasteiger charge is -2.05. The van der Waals surface area contributed by atoms with Gasteiger partial charge in [0.15, 0.2) is 5.42 Å². The molecule has 0 unspecified atom stereocenters. The Balaban J connectivity index is 2.47. The molecule has 1 N–H and O–H groups in total. The molecule has 60 valence electrons. The molecule has 2 bridgehead atoms. The molecular weight excluding hydrogens is 158 g/mol. The smallest absolute Gasteiger partial charge is 0.326 e. The minimum atomic E-state index is -0.101. The zero-order valence-electron chi connectivity index (χ0n) is 6.07. The fraction of sp³-hybridized carbons (Fsp3) is 0.143. The van der Waals surface area contributed by atoms with Crippen LogP contribution in [0.5, 0.6) is 0 Å². The van der Waals surface area contributed by atoms with Crippen LogP contribution in [-0.4, -0.2) is 22.6 Å². The van der Waals surface area contributed by atoms with Gasteiger partial charge < -0.3 is 9.84 Å². The van der Waals surface area contributed by atoms with Crippen molar-refractivity contribution in [1.29, 1.82) is 0 Å². The van der Waals surface area contributed by atoms with E-state index in [0.717, 1.165) is 10.9 Å². The number of hydrogen-bond donors (Lipinski definition) is 1. The van der Waals surface area contributed by atoms with Gasteiger partial charge in [-0.2, -0.15) is 0 Å². The van der Waals surface area contributed by atoms with E-state index in [1.54, 1.807) is 17.3 Å². The predicted octanol–water partition coefficient (Wildman–Crippen LogP) is -1.44. The van der Waals surface area contributed by atoms with Crippen LogP contribution in [0, 0.1) is 0 Å². The minimum absolute atomic E-state index is 0.101. The number of nitrogens with zero attached hydrogens (tertiary/aromatic N) is 2. The van der Waals surface area contributed by atoms with E-state index in [1.165, 1.54) is 0 Å². The largest absolute Gasteiger partial charge is 0.355 e. The molecule has 5 nitrogen and oxygen atoms in total. The quantitative estimate of drug-likeness (QED) is 0.509. The van der Waals surface area contributed by atoms with E-state index in [9.17, 15) is 4.79 Å². The Morgan fingerprint density at radius 1 is 1.67 bits per heavy atom. The second-order valence-electron chi connectivity index (χ2n) is 2.77. The molecule has 2 aliphatic rings. The molecule has 1 fully saturated rings. The number of carbonyl (C=O) groups is 1. The first-order valence-corrected chi connectivity index (χ1v) is 3.58. The molecule has 1 aromatic rings. The van der Waals surface area contributed by atoms with Crippen LogP contribution in [0.3, 0.4) is 0 Å². The third kappa shape index (κ3) is 0.538. The topological polar surface area (TPSA) is 58.4 Å². The summed E-state index contributed by atoms with van der Waals surface area (Å²) in [6, 6.07) is -0.101. The summed E-state index contributed by atoms with van der Waals surface area (Å²) in [6.45, 7) is 0.604. The summed E-state index contributed by atoms with van der Waals surface area (Å²) in [5, 5.41) is 7.26. The number of amides is 2. The van der Waals surface area contributed by atoms with Gasteiger partial charge in [0.25, 0.3) is 0 Å². The highest BCUT2D eigenvalue weighted by Gasteiger charge is 2.26. The molecule has 2 amide bonds. The van der Waals surface area contributed by atoms with Crippen molar-refractivity contribution in [2.75, 3.05) is 6.54 Å². The Hall–Kier alpha value is -1.78. The van der Waals surface area contributed by atoms with Crippen molar-refractivity contribution in [2.24, 2.45) is 0 Å². The highest BCUT2D eigenvalue weighted by Crippen LogP contribution is 2.08. The first kappa shape index (κ1) is 5.82. The molecule has 0 saturated carbocycles. The summed E-state index contributed by atoms with van der Waals surface area (Å²) in [5.41, 5.74) is 1.52. The second kappa shape index (κ2) is 1.69. The first-order chi connectivity index (χ1) is 5.84. The molecule has 5 heteroatoms. The average Bonchev–Trinajstić information content (AvgIpc) is 2.60. The third-order valence-electron chi connectivity index (χ3n) is 2.04. The summed E-state index contributed by atoms with van der Waals surface area (Å²) in [4.78, 5) is 12.7. The fourth-order valence-electron chi connectivity index (χ4n) is 1.45. The molecule has 0 spiro atoms. The van der Waals surface area contributed by atoms with Crippen molar-refractivity contribution in [3.05, 3.63) is 16.8 Å². The zero-order valence-corrected chi connectivity index (χ0v) is 6.07. The monoisotopic (exact) mass is 163 g/mol. The van der Waals surface area contributed by atoms with Gasteiger partial charge in [0.2, 0.25) is 0 Å². The van der Waals surface area contributed by atoms with Gasteiger partial charge in [0, 0.05) is 0 Å². The summed E-state index contributed by atoms with van der Waals surface area (Å²) >= 11 is 0. The SMILES string of the molecule is O=C1NC2=c3cnoc3=CN1C2. The van der Waals surface area contributed by atoms with Crippen molar-refractivity contribution < 1.29 is 9.32 Å². The van der Waals surface area contributed by atoms with Gasteiger partial charge in [-0.05, 0) is 0 Å². The summed E-state index contributed by atoms with van der Waals surface area (Å²) in [5.74, 6) is 0. The maximum atomic E-state index is 11.1. The molecule has 0 aromatic carbocycles. The van der Waals surface area contributed by atoms with Gasteiger partial charge in [-0.25, -0.2) is 4.79 Å². The standard InChI is InChI=1S/C7H5N3O2/c11-7-9-5-2-10(7)3-6-4(5)1-8-12-6/h1,3H,2H2,(H,9,11). The van der Waals surface area contributed by atoms with Gasteiger partial charge in [-0.3, -0.25) is 4.90 Å². The number of fused-ring (bicyclic) bond motifs is 3. The van der Waals surface area contributed by atoms with Crippen molar-refractivity contribution in [1.82, 2.24) is 15.4 Å². The summed E-state index contributed by atoms with van der Waals surface area (Å²) in [7, 11) is 0. The van der Waals surface area contributed by atoms with Crippen LogP contribution in [0.15, 0.2) is 10.7 Å². The molecule has 3 rings (SSSR count). The van der Waals surface area contributed by atoms with Crippen molar-refractivity contribution in [2.45, 2.75) is 0 Å². The molecule has 1 saturated heterocycles. The second-order valence-corrected chi connectivity index (χ2v) is 2.77. The number of carbonyl (C=O) groups excluding carboxylic acids is 1. The normalized spacial score (nSPS) is 18.8. The summed E-state index contributed by atoms with van der Waals surface area (Å²) < 4.78 is 4.92. The molecule has 0 atom stereocenters. The molecule has 0 radical (unpaired) electrons. The van der Waals surface area contributed by atoms with Crippen molar-refractivity contribution in [3.63, 3.8) is 0 Å². The molecule has 2 aliphatic heterocycles. The van der Waals surface area contributed by atoms with Crippen LogP contribution in [0.2, 0.25) is 0 Å². The first-order valence-electron chi connectivity index (χ1n) is 3.58. The van der Waals surface area contributed by atoms with Gasteiger partial charge in [0.1, 0.15) is 0 Å². The van der Waals surface area contributed by atoms with Crippen LogP contribution in [0.4, 0.5) is 4.79 Å². The number of rotatable bonds is 0. The highest BCUT2D eigenvalue weighted by atomic mass is 16.5. The van der Waals surface area contributed by atoms with Crippen LogP contribution in [0.1, 0.15) is 0 Å². The number of nitrogens with one attached hydrogen (secondary N) is 1. The van der Waals surface area contributed by atoms with Gasteiger partial charge in [-0.15, -0.1) is 0 Å². The van der Waals surface area contributed by atoms with E-state index in [1.807, 2.05) is 0 Å². The fourth-order valence-corrected chi connectivity index (χ4v) is 1.45. The number of hydrogen-bond acceptors (Lipinski definition) is 3. The van der Waals surface area contributed by atoms with E-state index < -0.39 is 0 Å². The Morgan fingerprint density at radius 3 is 3.50 bits per heavy atom. The average molecular weight is 163 g/mol. The summed E-state index contributed by atoms with van der Waals surface area (Å²) in [6.07, 6.45) is 3.28. The Morgan fingerprint density at radius 2 is 2.58 bits per heavy atom. The maximum absolute atomic E-state index is 11.1. The number of urea groups is 1. The van der Waals surface area contributed by atoms with Crippen molar-refractivity contribution >= 4 is 17.9 Å². The lowest BCUT2D eigenvalue weighted by atomic mass is 10.3.